The number of aryl methyl sites for hydroxylation is 1. The smallest absolute Gasteiger partial charge is 0.118 e. The summed E-state index contributed by atoms with van der Waals surface area (Å²) >= 11 is 0. The van der Waals surface area contributed by atoms with Gasteiger partial charge in [-0.1, -0.05) is 0 Å². The monoisotopic (exact) mass is 252 g/mol. The van der Waals surface area contributed by atoms with Gasteiger partial charge in [-0.3, -0.25) is 4.90 Å². The van der Waals surface area contributed by atoms with Crippen LogP contribution in [0.4, 0.5) is 0 Å². The van der Waals surface area contributed by atoms with Crippen LogP contribution in [0.2, 0.25) is 0 Å². The predicted molar refractivity (Wildman–Crippen MR) is 71.2 cm³/mol. The number of nitrogens with two attached hydrogens (primary N) is 1. The van der Waals surface area contributed by atoms with E-state index in [2.05, 4.69) is 18.0 Å². The van der Waals surface area contributed by atoms with Crippen LogP contribution in [0.25, 0.3) is 0 Å². The van der Waals surface area contributed by atoms with E-state index in [4.69, 9.17) is 14.9 Å². The third-order valence-corrected chi connectivity index (χ3v) is 3.38. The van der Waals surface area contributed by atoms with Gasteiger partial charge < -0.3 is 14.9 Å². The average molecular weight is 252 g/mol. The van der Waals surface area contributed by atoms with Crippen molar-refractivity contribution in [2.75, 3.05) is 26.8 Å². The van der Waals surface area contributed by atoms with Gasteiger partial charge in [0.2, 0.25) is 0 Å². The van der Waals surface area contributed by atoms with Gasteiger partial charge >= 0.3 is 0 Å². The van der Waals surface area contributed by atoms with Crippen LogP contribution in [0.15, 0.2) is 10.5 Å². The van der Waals surface area contributed by atoms with Crippen LogP contribution in [-0.4, -0.2) is 31.7 Å². The molecular weight excluding hydrogens is 228 g/mol. The van der Waals surface area contributed by atoms with Crippen LogP contribution in [0.3, 0.4) is 0 Å². The third kappa shape index (κ3) is 4.12. The van der Waals surface area contributed by atoms with Crippen molar-refractivity contribution in [1.29, 1.82) is 0 Å². The van der Waals surface area contributed by atoms with Gasteiger partial charge in [-0.25, -0.2) is 0 Å². The van der Waals surface area contributed by atoms with Crippen molar-refractivity contribution in [3.05, 3.63) is 23.2 Å². The first-order chi connectivity index (χ1) is 8.69. The van der Waals surface area contributed by atoms with E-state index in [-0.39, 0.29) is 0 Å². The highest BCUT2D eigenvalue weighted by Gasteiger charge is 2.21. The molecule has 1 aliphatic rings. The standard InChI is InChI=1S/C14H24N2O2/c1-11-13(7-14(8-15)18-11)9-16(2)5-6-17-10-12-3-4-12/h7,12H,3-6,8-10,15H2,1-2H3. The lowest BCUT2D eigenvalue weighted by Gasteiger charge is -2.16. The zero-order chi connectivity index (χ0) is 13.0. The van der Waals surface area contributed by atoms with Crippen LogP contribution in [0.1, 0.15) is 29.9 Å². The quantitative estimate of drug-likeness (QED) is 0.718. The van der Waals surface area contributed by atoms with Crippen molar-refractivity contribution in [2.45, 2.75) is 32.9 Å². The number of hydrogen-bond donors (Lipinski definition) is 1. The van der Waals surface area contributed by atoms with Gasteiger partial charge in [-0.05, 0) is 38.8 Å². The molecule has 1 aliphatic carbocycles. The topological polar surface area (TPSA) is 51.6 Å². The lowest BCUT2D eigenvalue weighted by Crippen LogP contribution is -2.23. The molecule has 0 atom stereocenters. The molecule has 1 heterocycles. The van der Waals surface area contributed by atoms with E-state index < -0.39 is 0 Å². The molecule has 0 bridgehead atoms. The van der Waals surface area contributed by atoms with E-state index in [0.29, 0.717) is 6.54 Å². The minimum Gasteiger partial charge on any atom is -0.465 e. The molecule has 102 valence electrons. The Morgan fingerprint density at radius 2 is 2.28 bits per heavy atom. The summed E-state index contributed by atoms with van der Waals surface area (Å²) in [6.07, 6.45) is 2.71. The maximum absolute atomic E-state index is 5.64. The molecule has 0 aliphatic heterocycles. The molecule has 1 saturated carbocycles. The van der Waals surface area contributed by atoms with E-state index in [1.165, 1.54) is 18.4 Å². The fourth-order valence-electron chi connectivity index (χ4n) is 1.97. The second-order valence-electron chi connectivity index (χ2n) is 5.25. The lowest BCUT2D eigenvalue weighted by atomic mass is 10.2. The molecule has 4 nitrogen and oxygen atoms in total. The zero-order valence-corrected chi connectivity index (χ0v) is 11.4. The van der Waals surface area contributed by atoms with Gasteiger partial charge in [0.15, 0.2) is 0 Å². The first-order valence-electron chi connectivity index (χ1n) is 6.73. The summed E-state index contributed by atoms with van der Waals surface area (Å²) in [5, 5.41) is 0. The molecule has 2 rings (SSSR count). The molecule has 0 saturated heterocycles. The number of ether oxygens (including phenoxy) is 1. The van der Waals surface area contributed by atoms with Crippen LogP contribution in [0.5, 0.6) is 0 Å². The van der Waals surface area contributed by atoms with Crippen molar-refractivity contribution in [2.24, 2.45) is 11.7 Å². The molecule has 1 aromatic heterocycles. The average Bonchev–Trinajstić information content (AvgIpc) is 3.10. The molecule has 4 heteroatoms. The van der Waals surface area contributed by atoms with Gasteiger partial charge in [-0.2, -0.15) is 0 Å². The fraction of sp³-hybridized carbons (Fsp3) is 0.714. The Balaban J connectivity index is 1.68. The van der Waals surface area contributed by atoms with Crippen LogP contribution < -0.4 is 5.73 Å². The second-order valence-corrected chi connectivity index (χ2v) is 5.25. The zero-order valence-electron chi connectivity index (χ0n) is 11.4. The Labute approximate surface area is 109 Å². The van der Waals surface area contributed by atoms with Crippen LogP contribution >= 0.6 is 0 Å². The van der Waals surface area contributed by atoms with E-state index in [0.717, 1.165) is 43.7 Å². The van der Waals surface area contributed by atoms with Gasteiger partial charge in [0.05, 0.1) is 13.2 Å². The highest BCUT2D eigenvalue weighted by molar-refractivity contribution is 5.20. The fourth-order valence-corrected chi connectivity index (χ4v) is 1.97. The maximum atomic E-state index is 5.64. The number of rotatable bonds is 8. The summed E-state index contributed by atoms with van der Waals surface area (Å²) in [7, 11) is 2.11. The van der Waals surface area contributed by atoms with Crippen molar-refractivity contribution in [3.8, 4) is 0 Å². The molecule has 1 fully saturated rings. The second kappa shape index (κ2) is 6.36. The summed E-state index contributed by atoms with van der Waals surface area (Å²) < 4.78 is 11.2. The third-order valence-electron chi connectivity index (χ3n) is 3.38. The van der Waals surface area contributed by atoms with E-state index >= 15 is 0 Å². The van der Waals surface area contributed by atoms with Crippen molar-refractivity contribution in [3.63, 3.8) is 0 Å². The predicted octanol–water partition coefficient (Wildman–Crippen LogP) is 1.91. The first-order valence-corrected chi connectivity index (χ1v) is 6.73. The molecule has 0 unspecified atom stereocenters. The Bertz CT molecular complexity index is 372. The van der Waals surface area contributed by atoms with Gasteiger partial charge in [-0.15, -0.1) is 0 Å². The Hall–Kier alpha value is -0.840. The van der Waals surface area contributed by atoms with E-state index in [9.17, 15) is 0 Å². The number of nitrogens with zero attached hydrogens (tertiary/aromatic N) is 1. The van der Waals surface area contributed by atoms with Crippen molar-refractivity contribution in [1.82, 2.24) is 4.90 Å². The summed E-state index contributed by atoms with van der Waals surface area (Å²) in [6, 6.07) is 2.05. The molecule has 0 amide bonds. The van der Waals surface area contributed by atoms with Crippen molar-refractivity contribution >= 4 is 0 Å². The number of likely N-dealkylation sites (N-methyl/N-ethyl adjacent to an activating group) is 1. The summed E-state index contributed by atoms with van der Waals surface area (Å²) in [5.74, 6) is 2.68. The Kier molecular flexibility index (Phi) is 4.80. The SMILES string of the molecule is Cc1oc(CN)cc1CN(C)CCOCC1CC1. The molecule has 18 heavy (non-hydrogen) atoms. The van der Waals surface area contributed by atoms with Gasteiger partial charge in [0.25, 0.3) is 0 Å². The molecule has 2 N–H and O–H groups in total. The maximum Gasteiger partial charge on any atom is 0.118 e. The molecule has 1 aromatic rings. The Morgan fingerprint density at radius 3 is 2.89 bits per heavy atom. The van der Waals surface area contributed by atoms with Gasteiger partial charge in [0.1, 0.15) is 11.5 Å². The highest BCUT2D eigenvalue weighted by atomic mass is 16.5. The summed E-state index contributed by atoms with van der Waals surface area (Å²) in [4.78, 5) is 2.26. The van der Waals surface area contributed by atoms with Gasteiger partial charge in [0, 0.05) is 25.3 Å². The Morgan fingerprint density at radius 1 is 1.50 bits per heavy atom. The largest absolute Gasteiger partial charge is 0.465 e. The molecule has 0 aromatic carbocycles. The minimum atomic E-state index is 0.467. The lowest BCUT2D eigenvalue weighted by molar-refractivity contribution is 0.102. The van der Waals surface area contributed by atoms with Crippen LogP contribution in [-0.2, 0) is 17.8 Å². The first kappa shape index (κ1) is 13.6. The number of furan rings is 1. The summed E-state index contributed by atoms with van der Waals surface area (Å²) in [5.41, 5.74) is 6.79. The molecule has 0 radical (unpaired) electrons. The molecular formula is C14H24N2O2. The minimum absolute atomic E-state index is 0.467. The van der Waals surface area contributed by atoms with E-state index in [1.807, 2.05) is 6.92 Å². The van der Waals surface area contributed by atoms with Crippen molar-refractivity contribution < 1.29 is 9.15 Å². The van der Waals surface area contributed by atoms with E-state index in [1.54, 1.807) is 0 Å². The normalized spacial score (nSPS) is 15.6. The van der Waals surface area contributed by atoms with Crippen LogP contribution in [0, 0.1) is 12.8 Å². The number of hydrogen-bond acceptors (Lipinski definition) is 4. The highest BCUT2D eigenvalue weighted by Crippen LogP contribution is 2.28. The summed E-state index contributed by atoms with van der Waals surface area (Å²) in [6.45, 7) is 6.06. The molecule has 0 spiro atoms.